The van der Waals surface area contributed by atoms with Crippen LogP contribution in [0.3, 0.4) is 0 Å². The van der Waals surface area contributed by atoms with E-state index in [-0.39, 0.29) is 6.04 Å². The minimum Gasteiger partial charge on any atom is -0.324 e. The first-order chi connectivity index (χ1) is 4.74. The van der Waals surface area contributed by atoms with Gasteiger partial charge in [-0.05, 0) is 39.4 Å². The molecule has 1 rings (SSSR count). The molecule has 1 unspecified atom stereocenters. The molecule has 0 saturated heterocycles. The maximum atomic E-state index is 5.79. The van der Waals surface area contributed by atoms with E-state index in [1.165, 1.54) is 5.56 Å². The molecule has 0 saturated carbocycles. The highest BCUT2D eigenvalue weighted by molar-refractivity contribution is 9.11. The van der Waals surface area contributed by atoms with Gasteiger partial charge in [0.15, 0.2) is 0 Å². The zero-order valence-electron chi connectivity index (χ0n) is 5.80. The molecule has 1 aromatic heterocycles. The van der Waals surface area contributed by atoms with E-state index >= 15 is 0 Å². The molecule has 0 spiro atoms. The predicted molar refractivity (Wildman–Crippen MR) is 49.2 cm³/mol. The van der Waals surface area contributed by atoms with Gasteiger partial charge in [-0.25, -0.2) is 0 Å². The first-order valence-corrected chi connectivity index (χ1v) is 4.90. The second-order valence-electron chi connectivity index (χ2n) is 2.20. The SMILES string of the molecule is CCC(N)c1csc(Br)c1. The first-order valence-electron chi connectivity index (χ1n) is 3.23. The molecule has 0 fully saturated rings. The number of hydrogen-bond acceptors (Lipinski definition) is 2. The highest BCUT2D eigenvalue weighted by atomic mass is 79.9. The molecule has 3 heteroatoms. The Bertz CT molecular complexity index is 209. The summed E-state index contributed by atoms with van der Waals surface area (Å²) < 4.78 is 1.16. The van der Waals surface area contributed by atoms with E-state index in [4.69, 9.17) is 5.73 Å². The molecule has 1 heterocycles. The van der Waals surface area contributed by atoms with Crippen LogP contribution in [0.2, 0.25) is 0 Å². The van der Waals surface area contributed by atoms with E-state index in [9.17, 15) is 0 Å². The van der Waals surface area contributed by atoms with Gasteiger partial charge in [0, 0.05) is 6.04 Å². The summed E-state index contributed by atoms with van der Waals surface area (Å²) in [7, 11) is 0. The summed E-state index contributed by atoms with van der Waals surface area (Å²) in [6.07, 6.45) is 1.00. The Hall–Kier alpha value is 0.140. The molecule has 0 aliphatic carbocycles. The van der Waals surface area contributed by atoms with E-state index in [0.717, 1.165) is 10.2 Å². The fourth-order valence-electron chi connectivity index (χ4n) is 0.754. The van der Waals surface area contributed by atoms with Crippen molar-refractivity contribution in [2.75, 3.05) is 0 Å². The number of thiophene rings is 1. The molecule has 1 nitrogen and oxygen atoms in total. The van der Waals surface area contributed by atoms with Crippen molar-refractivity contribution in [1.29, 1.82) is 0 Å². The van der Waals surface area contributed by atoms with Crippen molar-refractivity contribution in [3.8, 4) is 0 Å². The van der Waals surface area contributed by atoms with E-state index in [0.29, 0.717) is 0 Å². The average molecular weight is 220 g/mol. The van der Waals surface area contributed by atoms with Crippen LogP contribution < -0.4 is 5.73 Å². The van der Waals surface area contributed by atoms with E-state index in [1.54, 1.807) is 11.3 Å². The monoisotopic (exact) mass is 219 g/mol. The first kappa shape index (κ1) is 8.24. The quantitative estimate of drug-likeness (QED) is 0.814. The standard InChI is InChI=1S/C7H10BrNS/c1-2-6(9)5-3-7(8)10-4-5/h3-4,6H,2,9H2,1H3. The minimum atomic E-state index is 0.211. The highest BCUT2D eigenvalue weighted by Gasteiger charge is 2.03. The Morgan fingerprint density at radius 1 is 1.80 bits per heavy atom. The van der Waals surface area contributed by atoms with Crippen LogP contribution >= 0.6 is 27.3 Å². The Morgan fingerprint density at radius 3 is 2.90 bits per heavy atom. The number of halogens is 1. The van der Waals surface area contributed by atoms with Crippen LogP contribution in [0.5, 0.6) is 0 Å². The van der Waals surface area contributed by atoms with E-state index in [2.05, 4.69) is 34.3 Å². The van der Waals surface area contributed by atoms with Crippen LogP contribution in [0.15, 0.2) is 15.2 Å². The van der Waals surface area contributed by atoms with Gasteiger partial charge < -0.3 is 5.73 Å². The summed E-state index contributed by atoms with van der Waals surface area (Å²) in [6.45, 7) is 2.09. The zero-order valence-corrected chi connectivity index (χ0v) is 8.21. The Kier molecular flexibility index (Phi) is 2.89. The maximum Gasteiger partial charge on any atom is 0.0701 e. The third-order valence-corrected chi connectivity index (χ3v) is 2.98. The van der Waals surface area contributed by atoms with Gasteiger partial charge in [0.05, 0.1) is 3.79 Å². The van der Waals surface area contributed by atoms with Crippen molar-refractivity contribution in [1.82, 2.24) is 0 Å². The third-order valence-electron chi connectivity index (χ3n) is 1.46. The molecule has 0 bridgehead atoms. The lowest BCUT2D eigenvalue weighted by molar-refractivity contribution is 0.701. The average Bonchev–Trinajstić information content (AvgIpc) is 2.34. The summed E-state index contributed by atoms with van der Waals surface area (Å²) in [5.41, 5.74) is 7.03. The molecule has 0 aliphatic heterocycles. The summed E-state index contributed by atoms with van der Waals surface area (Å²) in [6, 6.07) is 2.29. The van der Waals surface area contributed by atoms with Gasteiger partial charge in [0.2, 0.25) is 0 Å². The van der Waals surface area contributed by atoms with Crippen molar-refractivity contribution >= 4 is 27.3 Å². The third kappa shape index (κ3) is 1.81. The smallest absolute Gasteiger partial charge is 0.0701 e. The van der Waals surface area contributed by atoms with Gasteiger partial charge in [0.25, 0.3) is 0 Å². The fraction of sp³-hybridized carbons (Fsp3) is 0.429. The summed E-state index contributed by atoms with van der Waals surface area (Å²) in [5, 5.41) is 2.10. The topological polar surface area (TPSA) is 26.0 Å². The van der Waals surface area contributed by atoms with Crippen LogP contribution in [-0.4, -0.2) is 0 Å². The second-order valence-corrected chi connectivity index (χ2v) is 4.49. The molecule has 0 aromatic carbocycles. The lowest BCUT2D eigenvalue weighted by atomic mass is 10.1. The molecule has 1 aromatic rings. The van der Waals surface area contributed by atoms with Crippen molar-refractivity contribution in [2.45, 2.75) is 19.4 Å². The molecular formula is C7H10BrNS. The fourth-order valence-corrected chi connectivity index (χ4v) is 1.99. The Balaban J connectivity index is 2.74. The van der Waals surface area contributed by atoms with Gasteiger partial charge in [-0.2, -0.15) is 0 Å². The molecule has 0 aliphatic rings. The lowest BCUT2D eigenvalue weighted by Gasteiger charge is -2.03. The van der Waals surface area contributed by atoms with Crippen molar-refractivity contribution < 1.29 is 0 Å². The lowest BCUT2D eigenvalue weighted by Crippen LogP contribution is -2.06. The molecule has 1 atom stereocenters. The zero-order chi connectivity index (χ0) is 7.56. The Morgan fingerprint density at radius 2 is 2.50 bits per heavy atom. The second kappa shape index (κ2) is 3.51. The van der Waals surface area contributed by atoms with E-state index in [1.807, 2.05) is 0 Å². The minimum absolute atomic E-state index is 0.211. The van der Waals surface area contributed by atoms with Crippen LogP contribution in [0, 0.1) is 0 Å². The molecule has 0 radical (unpaired) electrons. The van der Waals surface area contributed by atoms with Gasteiger partial charge in [0.1, 0.15) is 0 Å². The number of rotatable bonds is 2. The highest BCUT2D eigenvalue weighted by Crippen LogP contribution is 2.25. The molecular weight excluding hydrogens is 210 g/mol. The van der Waals surface area contributed by atoms with E-state index < -0.39 is 0 Å². The largest absolute Gasteiger partial charge is 0.324 e. The van der Waals surface area contributed by atoms with Gasteiger partial charge in [-0.1, -0.05) is 6.92 Å². The predicted octanol–water partition coefficient (Wildman–Crippen LogP) is 2.92. The maximum absolute atomic E-state index is 5.79. The number of nitrogens with two attached hydrogens (primary N) is 1. The van der Waals surface area contributed by atoms with Gasteiger partial charge in [-0.3, -0.25) is 0 Å². The molecule has 56 valence electrons. The van der Waals surface area contributed by atoms with Crippen LogP contribution in [0.4, 0.5) is 0 Å². The van der Waals surface area contributed by atoms with Crippen LogP contribution in [-0.2, 0) is 0 Å². The van der Waals surface area contributed by atoms with Crippen molar-refractivity contribution in [3.05, 3.63) is 20.8 Å². The summed E-state index contributed by atoms with van der Waals surface area (Å²) >= 11 is 5.08. The molecule has 2 N–H and O–H groups in total. The summed E-state index contributed by atoms with van der Waals surface area (Å²) in [4.78, 5) is 0. The molecule has 0 amide bonds. The Labute approximate surface area is 73.4 Å². The van der Waals surface area contributed by atoms with Crippen molar-refractivity contribution in [3.63, 3.8) is 0 Å². The molecule has 10 heavy (non-hydrogen) atoms. The van der Waals surface area contributed by atoms with Gasteiger partial charge in [-0.15, -0.1) is 11.3 Å². The summed E-state index contributed by atoms with van der Waals surface area (Å²) in [5.74, 6) is 0. The number of hydrogen-bond donors (Lipinski definition) is 1. The van der Waals surface area contributed by atoms with Crippen molar-refractivity contribution in [2.24, 2.45) is 5.73 Å². The van der Waals surface area contributed by atoms with Crippen LogP contribution in [0.1, 0.15) is 24.9 Å². The van der Waals surface area contributed by atoms with Crippen LogP contribution in [0.25, 0.3) is 0 Å². The normalized spacial score (nSPS) is 13.5. The van der Waals surface area contributed by atoms with Gasteiger partial charge >= 0.3 is 0 Å².